The lowest BCUT2D eigenvalue weighted by molar-refractivity contribution is 0.288. The molecule has 1 aromatic heterocycles. The van der Waals surface area contributed by atoms with Crippen molar-refractivity contribution < 1.29 is 9.13 Å². The first kappa shape index (κ1) is 15.2. The SMILES string of the molecule is Cc1c(OCc2ccc(F)cc2)cnn(C(C)(C)C)c1=O. The molecule has 0 saturated carbocycles. The van der Waals surface area contributed by atoms with Crippen LogP contribution in [0.2, 0.25) is 0 Å². The summed E-state index contributed by atoms with van der Waals surface area (Å²) in [6.07, 6.45) is 1.55. The van der Waals surface area contributed by atoms with E-state index in [1.165, 1.54) is 16.8 Å². The zero-order valence-electron chi connectivity index (χ0n) is 12.7. The van der Waals surface area contributed by atoms with E-state index in [2.05, 4.69) is 5.10 Å². The maximum absolute atomic E-state index is 12.8. The lowest BCUT2D eigenvalue weighted by atomic mass is 10.1. The summed E-state index contributed by atoms with van der Waals surface area (Å²) in [7, 11) is 0. The molecule has 2 rings (SSSR count). The van der Waals surface area contributed by atoms with Crippen molar-refractivity contribution in [1.82, 2.24) is 9.78 Å². The Morgan fingerprint density at radius 3 is 2.43 bits per heavy atom. The summed E-state index contributed by atoms with van der Waals surface area (Å²) in [5.74, 6) is 0.161. The first-order valence-electron chi connectivity index (χ1n) is 6.75. The lowest BCUT2D eigenvalue weighted by Gasteiger charge is -2.21. The van der Waals surface area contributed by atoms with Gasteiger partial charge in [0.05, 0.1) is 17.3 Å². The van der Waals surface area contributed by atoms with E-state index in [-0.39, 0.29) is 23.5 Å². The second kappa shape index (κ2) is 5.68. The molecule has 0 saturated heterocycles. The van der Waals surface area contributed by atoms with E-state index in [1.54, 1.807) is 25.3 Å². The maximum atomic E-state index is 12.8. The number of ether oxygens (including phenoxy) is 1. The van der Waals surface area contributed by atoms with Crippen molar-refractivity contribution in [1.29, 1.82) is 0 Å². The van der Waals surface area contributed by atoms with Crippen molar-refractivity contribution >= 4 is 0 Å². The van der Waals surface area contributed by atoms with Gasteiger partial charge in [0.15, 0.2) is 0 Å². The molecule has 0 unspecified atom stereocenters. The number of nitrogens with zero attached hydrogens (tertiary/aromatic N) is 2. The molecule has 5 heteroatoms. The highest BCUT2D eigenvalue weighted by molar-refractivity contribution is 5.27. The number of aromatic nitrogens is 2. The normalized spacial score (nSPS) is 11.5. The van der Waals surface area contributed by atoms with Crippen molar-refractivity contribution in [2.24, 2.45) is 0 Å². The Labute approximate surface area is 123 Å². The third-order valence-corrected chi connectivity index (χ3v) is 3.12. The summed E-state index contributed by atoms with van der Waals surface area (Å²) in [4.78, 5) is 12.3. The predicted octanol–water partition coefficient (Wildman–Crippen LogP) is 3.02. The van der Waals surface area contributed by atoms with E-state index < -0.39 is 0 Å². The predicted molar refractivity (Wildman–Crippen MR) is 79.0 cm³/mol. The van der Waals surface area contributed by atoms with Crippen LogP contribution < -0.4 is 10.3 Å². The molecule has 0 aliphatic rings. The molecule has 1 heterocycles. The molecule has 0 spiro atoms. The highest BCUT2D eigenvalue weighted by atomic mass is 19.1. The van der Waals surface area contributed by atoms with Crippen molar-refractivity contribution in [3.63, 3.8) is 0 Å². The quantitative estimate of drug-likeness (QED) is 0.872. The summed E-state index contributed by atoms with van der Waals surface area (Å²) in [5.41, 5.74) is 0.800. The van der Waals surface area contributed by atoms with Gasteiger partial charge >= 0.3 is 0 Å². The summed E-state index contributed by atoms with van der Waals surface area (Å²) >= 11 is 0. The molecule has 0 aliphatic carbocycles. The molecule has 21 heavy (non-hydrogen) atoms. The first-order chi connectivity index (χ1) is 9.79. The monoisotopic (exact) mass is 290 g/mol. The van der Waals surface area contributed by atoms with Gasteiger partial charge in [-0.3, -0.25) is 4.79 Å². The van der Waals surface area contributed by atoms with Crippen LogP contribution in [0.25, 0.3) is 0 Å². The van der Waals surface area contributed by atoms with E-state index >= 15 is 0 Å². The average Bonchev–Trinajstić information content (AvgIpc) is 2.41. The molecule has 2 aromatic rings. The molecule has 4 nitrogen and oxygen atoms in total. The van der Waals surface area contributed by atoms with Crippen molar-refractivity contribution in [2.45, 2.75) is 39.8 Å². The van der Waals surface area contributed by atoms with E-state index in [1.807, 2.05) is 20.8 Å². The minimum atomic E-state index is -0.378. The topological polar surface area (TPSA) is 44.1 Å². The lowest BCUT2D eigenvalue weighted by Crippen LogP contribution is -2.37. The van der Waals surface area contributed by atoms with Gasteiger partial charge < -0.3 is 4.74 Å². The maximum Gasteiger partial charge on any atom is 0.273 e. The van der Waals surface area contributed by atoms with Crippen LogP contribution in [0, 0.1) is 12.7 Å². The zero-order valence-corrected chi connectivity index (χ0v) is 12.7. The van der Waals surface area contributed by atoms with Gasteiger partial charge in [-0.05, 0) is 45.4 Å². The number of hydrogen-bond donors (Lipinski definition) is 0. The van der Waals surface area contributed by atoms with Crippen LogP contribution in [0.4, 0.5) is 4.39 Å². The molecule has 0 amide bonds. The van der Waals surface area contributed by atoms with E-state index in [4.69, 9.17) is 4.74 Å². The molecule has 0 aliphatic heterocycles. The molecule has 0 radical (unpaired) electrons. The van der Waals surface area contributed by atoms with Crippen LogP contribution in [-0.4, -0.2) is 9.78 Å². The number of hydrogen-bond acceptors (Lipinski definition) is 3. The van der Waals surface area contributed by atoms with Gasteiger partial charge in [-0.1, -0.05) is 12.1 Å². The van der Waals surface area contributed by atoms with Crippen LogP contribution in [0.5, 0.6) is 5.75 Å². The Morgan fingerprint density at radius 2 is 1.86 bits per heavy atom. The fraction of sp³-hybridized carbons (Fsp3) is 0.375. The average molecular weight is 290 g/mol. The highest BCUT2D eigenvalue weighted by Gasteiger charge is 2.18. The Kier molecular flexibility index (Phi) is 4.11. The van der Waals surface area contributed by atoms with Gasteiger partial charge in [-0.15, -0.1) is 0 Å². The Hall–Kier alpha value is -2.17. The van der Waals surface area contributed by atoms with Gasteiger partial charge in [0.1, 0.15) is 18.2 Å². The van der Waals surface area contributed by atoms with Crippen LogP contribution >= 0.6 is 0 Å². The number of halogens is 1. The second-order valence-electron chi connectivity index (χ2n) is 5.94. The van der Waals surface area contributed by atoms with Crippen LogP contribution in [-0.2, 0) is 12.1 Å². The molecule has 112 valence electrons. The minimum absolute atomic E-state index is 0.167. The van der Waals surface area contributed by atoms with E-state index in [9.17, 15) is 9.18 Å². The van der Waals surface area contributed by atoms with Gasteiger partial charge in [-0.2, -0.15) is 5.10 Å². The number of benzene rings is 1. The summed E-state index contributed by atoms with van der Waals surface area (Å²) < 4.78 is 19.9. The molecule has 0 N–H and O–H groups in total. The van der Waals surface area contributed by atoms with E-state index in [0.29, 0.717) is 11.3 Å². The van der Waals surface area contributed by atoms with Crippen molar-refractivity contribution in [2.75, 3.05) is 0 Å². The van der Waals surface area contributed by atoms with Gasteiger partial charge in [-0.25, -0.2) is 9.07 Å². The highest BCUT2D eigenvalue weighted by Crippen LogP contribution is 2.17. The summed E-state index contributed by atoms with van der Waals surface area (Å²) in [6, 6.07) is 6.05. The fourth-order valence-corrected chi connectivity index (χ4v) is 1.89. The molecular weight excluding hydrogens is 271 g/mol. The van der Waals surface area contributed by atoms with Crippen LogP contribution in [0.1, 0.15) is 31.9 Å². The van der Waals surface area contributed by atoms with Gasteiger partial charge in [0, 0.05) is 0 Å². The standard InChI is InChI=1S/C16H19FN2O2/c1-11-14(9-18-19(15(11)20)16(2,3)4)21-10-12-5-7-13(17)8-6-12/h5-9H,10H2,1-4H3. The zero-order chi connectivity index (χ0) is 15.6. The van der Waals surface area contributed by atoms with Crippen LogP contribution in [0.3, 0.4) is 0 Å². The molecule has 0 atom stereocenters. The third kappa shape index (κ3) is 3.48. The largest absolute Gasteiger partial charge is 0.487 e. The van der Waals surface area contributed by atoms with Crippen LogP contribution in [0.15, 0.2) is 35.3 Å². The fourth-order valence-electron chi connectivity index (χ4n) is 1.89. The molecule has 0 fully saturated rings. The summed E-state index contributed by atoms with van der Waals surface area (Å²) in [5, 5.41) is 4.16. The minimum Gasteiger partial charge on any atom is -0.487 e. The molecule has 0 bridgehead atoms. The smallest absolute Gasteiger partial charge is 0.273 e. The van der Waals surface area contributed by atoms with Crippen molar-refractivity contribution in [3.05, 3.63) is 57.8 Å². The first-order valence-corrected chi connectivity index (χ1v) is 6.75. The van der Waals surface area contributed by atoms with Crippen molar-refractivity contribution in [3.8, 4) is 5.75 Å². The van der Waals surface area contributed by atoms with E-state index in [0.717, 1.165) is 5.56 Å². The molecular formula is C16H19FN2O2. The van der Waals surface area contributed by atoms with Gasteiger partial charge in [0.25, 0.3) is 5.56 Å². The third-order valence-electron chi connectivity index (χ3n) is 3.12. The second-order valence-corrected chi connectivity index (χ2v) is 5.94. The Balaban J connectivity index is 2.20. The van der Waals surface area contributed by atoms with Gasteiger partial charge in [0.2, 0.25) is 0 Å². The summed E-state index contributed by atoms with van der Waals surface area (Å²) in [6.45, 7) is 7.73. The Bertz CT molecular complexity index is 685. The molecule has 1 aromatic carbocycles. The number of rotatable bonds is 3. The Morgan fingerprint density at radius 1 is 1.24 bits per heavy atom.